The zero-order valence-corrected chi connectivity index (χ0v) is 32.7. The van der Waals surface area contributed by atoms with Gasteiger partial charge in [-0.15, -0.1) is 0 Å². The third-order valence-corrected chi connectivity index (χ3v) is 11.8. The second-order valence-electron chi connectivity index (χ2n) is 13.8. The molecule has 302 valence electrons. The van der Waals surface area contributed by atoms with Crippen LogP contribution in [0, 0.1) is 6.92 Å². The maximum absolute atomic E-state index is 13.8. The molecule has 0 saturated carbocycles. The van der Waals surface area contributed by atoms with E-state index in [1.165, 1.54) is 18.5 Å². The Bertz CT molecular complexity index is 2810. The van der Waals surface area contributed by atoms with Crippen molar-refractivity contribution in [3.63, 3.8) is 0 Å². The summed E-state index contributed by atoms with van der Waals surface area (Å²) in [6.45, 7) is 2.18. The largest absolute Gasteiger partial charge is 0.497 e. The first-order valence-electron chi connectivity index (χ1n) is 18.4. The molecule has 1 amide bonds. The van der Waals surface area contributed by atoms with Crippen LogP contribution in [0.1, 0.15) is 57.2 Å². The molecule has 0 fully saturated rings. The summed E-state index contributed by atoms with van der Waals surface area (Å²) in [5, 5.41) is 15.9. The fraction of sp³-hybridized carbons (Fsp3) is 0.220. The van der Waals surface area contributed by atoms with E-state index in [0.717, 1.165) is 33.5 Å². The molecule has 0 aliphatic heterocycles. The lowest BCUT2D eigenvalue weighted by atomic mass is 9.93. The lowest BCUT2D eigenvalue weighted by molar-refractivity contribution is -0.137. The number of nitrogens with one attached hydrogen (secondary N) is 2. The van der Waals surface area contributed by atoms with Crippen LogP contribution in [0.15, 0.2) is 102 Å². The van der Waals surface area contributed by atoms with Gasteiger partial charge in [0.05, 0.1) is 48.0 Å². The molecule has 1 aliphatic rings. The number of amides is 1. The first-order chi connectivity index (χ1) is 28.3. The lowest BCUT2D eigenvalue weighted by Gasteiger charge is -2.23. The quantitative estimate of drug-likeness (QED) is 0.133. The summed E-state index contributed by atoms with van der Waals surface area (Å²) in [4.78, 5) is 26.4. The SMILES string of the molecule is COc1ccc(CNc2ncnc3c2c(-c2ccc(C(=O)Nc4cc(C(F)(F)F)ccn4)cc2)nn3C2CCCc3c2cnn3S(=O)(=O)c2ccc(C)cc2)c(OC)c1. The van der Waals surface area contributed by atoms with Gasteiger partial charge in [-0.05, 0) is 74.7 Å². The van der Waals surface area contributed by atoms with Crippen molar-refractivity contribution in [2.75, 3.05) is 24.9 Å². The fourth-order valence-corrected chi connectivity index (χ4v) is 8.46. The number of ether oxygens (including phenoxy) is 2. The van der Waals surface area contributed by atoms with Crippen LogP contribution >= 0.6 is 0 Å². The molecule has 4 heterocycles. The topological polar surface area (TPSA) is 168 Å². The summed E-state index contributed by atoms with van der Waals surface area (Å²) in [5.41, 5.74) is 3.71. The summed E-state index contributed by atoms with van der Waals surface area (Å²) >= 11 is 0. The molecule has 7 aromatic rings. The molecule has 0 radical (unpaired) electrons. The summed E-state index contributed by atoms with van der Waals surface area (Å²) in [5.74, 6) is 0.760. The van der Waals surface area contributed by atoms with Gasteiger partial charge >= 0.3 is 6.18 Å². The minimum Gasteiger partial charge on any atom is -0.497 e. The number of anilines is 2. The Labute approximate surface area is 336 Å². The molecule has 14 nitrogen and oxygen atoms in total. The molecule has 2 N–H and O–H groups in total. The number of nitrogens with zero attached hydrogens (tertiary/aromatic N) is 7. The zero-order chi connectivity index (χ0) is 41.5. The maximum Gasteiger partial charge on any atom is 0.416 e. The standard InChI is InChI=1S/C41H36F3N9O5S/c1-24-7-15-30(16-8-24)59(55,56)53-33-6-4-5-32(31(33)22-49-53)52-39-36(38(47-23-48-39)46-21-27-13-14-29(57-2)20-34(27)58-3)37(51-52)25-9-11-26(12-10-25)40(54)50-35-19-28(17-18-45-35)41(42,43)44/h7-20,22-23,32H,4-6,21H2,1-3H3,(H,45,50,54)(H,46,47,48). The Morgan fingerprint density at radius 2 is 1.73 bits per heavy atom. The third-order valence-electron chi connectivity index (χ3n) is 10.1. The maximum atomic E-state index is 13.8. The first-order valence-corrected chi connectivity index (χ1v) is 19.8. The number of methoxy groups -OCH3 is 2. The Morgan fingerprint density at radius 1 is 0.949 bits per heavy atom. The van der Waals surface area contributed by atoms with Gasteiger partial charge in [0, 0.05) is 41.1 Å². The van der Waals surface area contributed by atoms with E-state index < -0.39 is 33.7 Å². The highest BCUT2D eigenvalue weighted by Crippen LogP contribution is 2.40. The van der Waals surface area contributed by atoms with Crippen LogP contribution in [0.25, 0.3) is 22.3 Å². The number of carbonyl (C=O) groups excluding carboxylic acids is 1. The van der Waals surface area contributed by atoms with E-state index in [1.54, 1.807) is 67.6 Å². The van der Waals surface area contributed by atoms with Gasteiger partial charge in [0.15, 0.2) is 5.65 Å². The number of aromatic nitrogens is 7. The molecular formula is C41H36F3N9O5S. The monoisotopic (exact) mass is 823 g/mol. The number of alkyl halides is 3. The highest BCUT2D eigenvalue weighted by atomic mass is 32.2. The van der Waals surface area contributed by atoms with E-state index >= 15 is 0 Å². The van der Waals surface area contributed by atoms with Gasteiger partial charge in [-0.2, -0.15) is 35.9 Å². The molecule has 0 saturated heterocycles. The number of rotatable bonds is 11. The number of hydrogen-bond donors (Lipinski definition) is 2. The van der Waals surface area contributed by atoms with Crippen LogP contribution < -0.4 is 20.1 Å². The van der Waals surface area contributed by atoms with Gasteiger partial charge in [-0.25, -0.2) is 19.6 Å². The molecule has 4 aromatic heterocycles. The number of benzene rings is 3. The predicted octanol–water partition coefficient (Wildman–Crippen LogP) is 7.46. The molecule has 18 heteroatoms. The van der Waals surface area contributed by atoms with Crippen molar-refractivity contribution in [2.45, 2.75) is 49.8 Å². The van der Waals surface area contributed by atoms with Gasteiger partial charge in [0.25, 0.3) is 15.9 Å². The summed E-state index contributed by atoms with van der Waals surface area (Å²) in [6, 6.07) is 19.6. The lowest BCUT2D eigenvalue weighted by Crippen LogP contribution is -2.23. The van der Waals surface area contributed by atoms with E-state index in [-0.39, 0.29) is 16.3 Å². The molecule has 0 bridgehead atoms. The average Bonchev–Trinajstić information content (AvgIpc) is 3.86. The van der Waals surface area contributed by atoms with Crippen molar-refractivity contribution >= 4 is 38.6 Å². The molecule has 1 atom stereocenters. The second-order valence-corrected chi connectivity index (χ2v) is 15.6. The Morgan fingerprint density at radius 3 is 2.46 bits per heavy atom. The predicted molar refractivity (Wildman–Crippen MR) is 212 cm³/mol. The number of aryl methyl sites for hydroxylation is 1. The Hall–Kier alpha value is -6.82. The molecule has 59 heavy (non-hydrogen) atoms. The van der Waals surface area contributed by atoms with Crippen molar-refractivity contribution < 1.29 is 35.9 Å². The highest BCUT2D eigenvalue weighted by Gasteiger charge is 2.34. The number of hydrogen-bond acceptors (Lipinski definition) is 11. The second kappa shape index (κ2) is 15.5. The Kier molecular flexibility index (Phi) is 10.3. The highest BCUT2D eigenvalue weighted by molar-refractivity contribution is 7.89. The van der Waals surface area contributed by atoms with Gasteiger partial charge in [-0.3, -0.25) is 4.79 Å². The van der Waals surface area contributed by atoms with Crippen molar-refractivity contribution in [3.8, 4) is 22.8 Å². The molecule has 8 rings (SSSR count). The average molecular weight is 824 g/mol. The molecular weight excluding hydrogens is 788 g/mol. The summed E-state index contributed by atoms with van der Waals surface area (Å²) in [6.07, 6.45) is 1.09. The third kappa shape index (κ3) is 7.53. The minimum atomic E-state index is -4.60. The van der Waals surface area contributed by atoms with Crippen LogP contribution in [0.2, 0.25) is 0 Å². The van der Waals surface area contributed by atoms with E-state index in [1.807, 2.05) is 19.1 Å². The van der Waals surface area contributed by atoms with E-state index in [0.29, 0.717) is 76.7 Å². The van der Waals surface area contributed by atoms with Crippen LogP contribution in [0.3, 0.4) is 0 Å². The fourth-order valence-electron chi connectivity index (χ4n) is 7.12. The smallest absolute Gasteiger partial charge is 0.416 e. The van der Waals surface area contributed by atoms with Crippen LogP contribution in [0.5, 0.6) is 11.5 Å². The molecule has 0 spiro atoms. The molecule has 1 unspecified atom stereocenters. The molecule has 1 aliphatic carbocycles. The van der Waals surface area contributed by atoms with Crippen LogP contribution in [-0.4, -0.2) is 62.5 Å². The number of fused-ring (bicyclic) bond motifs is 2. The first kappa shape index (κ1) is 39.0. The van der Waals surface area contributed by atoms with Gasteiger partial charge < -0.3 is 20.1 Å². The van der Waals surface area contributed by atoms with Crippen molar-refractivity contribution in [2.24, 2.45) is 0 Å². The molecule has 3 aromatic carbocycles. The van der Waals surface area contributed by atoms with E-state index in [2.05, 4.69) is 30.7 Å². The van der Waals surface area contributed by atoms with Crippen molar-refractivity contribution in [3.05, 3.63) is 131 Å². The summed E-state index contributed by atoms with van der Waals surface area (Å²) in [7, 11) is -0.861. The van der Waals surface area contributed by atoms with Gasteiger partial charge in [0.1, 0.15) is 35.2 Å². The normalized spacial score (nSPS) is 14.2. The van der Waals surface area contributed by atoms with Crippen LogP contribution in [-0.2, 0) is 29.2 Å². The number of pyridine rings is 1. The van der Waals surface area contributed by atoms with Crippen molar-refractivity contribution in [1.82, 2.24) is 33.9 Å². The van der Waals surface area contributed by atoms with E-state index in [4.69, 9.17) is 14.6 Å². The zero-order valence-electron chi connectivity index (χ0n) is 31.9. The summed E-state index contributed by atoms with van der Waals surface area (Å²) < 4.78 is 81.4. The van der Waals surface area contributed by atoms with Gasteiger partial charge in [0.2, 0.25) is 0 Å². The Balaban J connectivity index is 1.18. The van der Waals surface area contributed by atoms with E-state index in [9.17, 15) is 26.4 Å². The minimum absolute atomic E-state index is 0.128. The number of halogens is 3. The van der Waals surface area contributed by atoms with Crippen LogP contribution in [0.4, 0.5) is 24.8 Å². The van der Waals surface area contributed by atoms with Crippen molar-refractivity contribution in [1.29, 1.82) is 0 Å². The van der Waals surface area contributed by atoms with Gasteiger partial charge in [-0.1, -0.05) is 29.8 Å². The number of carbonyl (C=O) groups is 1.